The first-order valence-electron chi connectivity index (χ1n) is 3.15. The summed E-state index contributed by atoms with van der Waals surface area (Å²) in [5.74, 6) is 0.476. The topological polar surface area (TPSA) is 80.4 Å². The van der Waals surface area contributed by atoms with E-state index in [0.29, 0.717) is 6.42 Å². The van der Waals surface area contributed by atoms with Crippen LogP contribution in [0.15, 0.2) is 0 Å². The third kappa shape index (κ3) is 11.2. The van der Waals surface area contributed by atoms with Crippen LogP contribution in [0.4, 0.5) is 0 Å². The first-order valence-corrected chi connectivity index (χ1v) is 6.15. The maximum atomic E-state index is 10.3. The molecule has 0 rings (SSSR count). The summed E-state index contributed by atoms with van der Waals surface area (Å²) >= 11 is 1.60. The van der Waals surface area contributed by atoms with Crippen molar-refractivity contribution in [2.24, 2.45) is 5.73 Å². The molecular formula is C5H14NNaO3S2. The van der Waals surface area contributed by atoms with Crippen LogP contribution < -0.4 is 5.73 Å². The van der Waals surface area contributed by atoms with E-state index >= 15 is 0 Å². The zero-order chi connectivity index (χ0) is 8.91. The van der Waals surface area contributed by atoms with Crippen molar-refractivity contribution in [3.8, 4) is 0 Å². The summed E-state index contributed by atoms with van der Waals surface area (Å²) in [6, 6.07) is -0.447. The second-order valence-electron chi connectivity index (χ2n) is 2.29. The third-order valence-corrected chi connectivity index (χ3v) is 2.61. The Morgan fingerprint density at radius 2 is 2.08 bits per heavy atom. The van der Waals surface area contributed by atoms with Crippen molar-refractivity contribution < 1.29 is 13.0 Å². The Morgan fingerprint density at radius 3 is 2.42 bits per heavy atom. The quantitative estimate of drug-likeness (QED) is 0.476. The summed E-state index contributed by atoms with van der Waals surface area (Å²) in [6.07, 6.45) is 2.53. The van der Waals surface area contributed by atoms with Gasteiger partial charge in [0.05, 0.1) is 5.75 Å². The molecule has 0 aliphatic carbocycles. The van der Waals surface area contributed by atoms with Gasteiger partial charge in [0, 0.05) is 6.04 Å². The van der Waals surface area contributed by atoms with Gasteiger partial charge in [-0.15, -0.1) is 0 Å². The molecule has 0 radical (unpaired) electrons. The molecule has 0 fully saturated rings. The molecule has 0 bridgehead atoms. The normalized spacial score (nSPS) is 13.6. The number of hydrogen-bond acceptors (Lipinski definition) is 4. The molecule has 0 aromatic carbocycles. The van der Waals surface area contributed by atoms with E-state index in [2.05, 4.69) is 0 Å². The van der Waals surface area contributed by atoms with Gasteiger partial charge in [0.15, 0.2) is 0 Å². The minimum absolute atomic E-state index is 0. The molecule has 0 aromatic heterocycles. The van der Waals surface area contributed by atoms with Crippen LogP contribution >= 0.6 is 11.8 Å². The van der Waals surface area contributed by atoms with E-state index in [1.165, 1.54) is 0 Å². The monoisotopic (exact) mass is 223 g/mol. The first-order chi connectivity index (χ1) is 4.95. The van der Waals surface area contributed by atoms with Gasteiger partial charge in [-0.2, -0.15) is 20.2 Å². The molecule has 0 spiro atoms. The van der Waals surface area contributed by atoms with Gasteiger partial charge in [-0.05, 0) is 18.4 Å². The van der Waals surface area contributed by atoms with E-state index < -0.39 is 16.2 Å². The first kappa shape index (κ1) is 15.7. The van der Waals surface area contributed by atoms with Crippen molar-refractivity contribution in [3.05, 3.63) is 0 Å². The summed E-state index contributed by atoms with van der Waals surface area (Å²) in [5, 5.41) is 0. The van der Waals surface area contributed by atoms with Gasteiger partial charge in [-0.1, -0.05) is 0 Å². The second-order valence-corrected chi connectivity index (χ2v) is 4.77. The zero-order valence-corrected chi connectivity index (χ0v) is 7.99. The summed E-state index contributed by atoms with van der Waals surface area (Å²) in [6.45, 7) is 0. The van der Waals surface area contributed by atoms with Crippen LogP contribution in [0.25, 0.3) is 0 Å². The molecule has 1 atom stereocenters. The molecule has 70 valence electrons. The molecule has 3 N–H and O–H groups in total. The summed E-state index contributed by atoms with van der Waals surface area (Å²) in [5.41, 5.74) is 5.39. The fraction of sp³-hybridized carbons (Fsp3) is 1.00. The fourth-order valence-electron chi connectivity index (χ4n) is 0.623. The second kappa shape index (κ2) is 7.61. The molecule has 0 aromatic rings. The van der Waals surface area contributed by atoms with Crippen molar-refractivity contribution in [2.75, 3.05) is 17.8 Å². The van der Waals surface area contributed by atoms with Crippen LogP contribution in [0, 0.1) is 0 Å². The third-order valence-electron chi connectivity index (χ3n) is 1.12. The molecule has 0 aliphatic rings. The van der Waals surface area contributed by atoms with Gasteiger partial charge in [0.1, 0.15) is 0 Å². The zero-order valence-electron chi connectivity index (χ0n) is 6.36. The molecule has 4 nitrogen and oxygen atoms in total. The molecule has 7 heteroatoms. The molecule has 12 heavy (non-hydrogen) atoms. The van der Waals surface area contributed by atoms with Crippen LogP contribution in [0.5, 0.6) is 0 Å². The van der Waals surface area contributed by atoms with Crippen LogP contribution in [-0.2, 0) is 10.1 Å². The average molecular weight is 223 g/mol. The number of rotatable bonds is 5. The predicted molar refractivity (Wildman–Crippen MR) is 54.5 cm³/mol. The SMILES string of the molecule is CSCC[C@H](N)CS(=O)(=O)O.[NaH]. The van der Waals surface area contributed by atoms with Gasteiger partial charge in [0.2, 0.25) is 0 Å². The van der Waals surface area contributed by atoms with E-state index in [-0.39, 0.29) is 35.3 Å². The maximum absolute atomic E-state index is 10.3. The molecule has 0 aliphatic heterocycles. The van der Waals surface area contributed by atoms with E-state index in [4.69, 9.17) is 10.3 Å². The molecular weight excluding hydrogens is 209 g/mol. The molecule has 0 saturated carbocycles. The Balaban J connectivity index is 0. The van der Waals surface area contributed by atoms with Crippen molar-refractivity contribution in [1.29, 1.82) is 0 Å². The molecule has 0 amide bonds. The molecule has 0 heterocycles. The van der Waals surface area contributed by atoms with Crippen LogP contribution in [0.1, 0.15) is 6.42 Å². The predicted octanol–water partition coefficient (Wildman–Crippen LogP) is -0.694. The Labute approximate surface area is 99.7 Å². The van der Waals surface area contributed by atoms with Gasteiger partial charge >= 0.3 is 29.6 Å². The van der Waals surface area contributed by atoms with Gasteiger partial charge in [-0.3, -0.25) is 4.55 Å². The summed E-state index contributed by atoms with van der Waals surface area (Å²) in [4.78, 5) is 0. The number of hydrogen-bond donors (Lipinski definition) is 2. The van der Waals surface area contributed by atoms with E-state index in [1.807, 2.05) is 6.26 Å². The Hall–Kier alpha value is 1.22. The van der Waals surface area contributed by atoms with Crippen LogP contribution in [0.3, 0.4) is 0 Å². The Morgan fingerprint density at radius 1 is 1.58 bits per heavy atom. The van der Waals surface area contributed by atoms with E-state index in [9.17, 15) is 8.42 Å². The summed E-state index contributed by atoms with van der Waals surface area (Å²) < 4.78 is 28.9. The van der Waals surface area contributed by atoms with Crippen LogP contribution in [-0.4, -0.2) is 66.3 Å². The van der Waals surface area contributed by atoms with E-state index in [1.54, 1.807) is 11.8 Å². The van der Waals surface area contributed by atoms with Crippen molar-refractivity contribution in [3.63, 3.8) is 0 Å². The van der Waals surface area contributed by atoms with Crippen LogP contribution in [0.2, 0.25) is 0 Å². The minimum atomic E-state index is -3.89. The Bertz CT molecular complexity index is 195. The number of nitrogens with two attached hydrogens (primary N) is 1. The number of thioether (sulfide) groups is 1. The van der Waals surface area contributed by atoms with Crippen molar-refractivity contribution in [2.45, 2.75) is 12.5 Å². The van der Waals surface area contributed by atoms with Gasteiger partial charge < -0.3 is 5.73 Å². The standard InChI is InChI=1S/C5H13NO3S2.Na.H/c1-10-3-2-5(6)4-11(7,8)9;;/h5H,2-4,6H2,1H3,(H,7,8,9);;/t5-;;/m0../s1. The van der Waals surface area contributed by atoms with Gasteiger partial charge in [-0.25, -0.2) is 0 Å². The van der Waals surface area contributed by atoms with Crippen molar-refractivity contribution >= 4 is 51.4 Å². The fourth-order valence-corrected chi connectivity index (χ4v) is 1.87. The molecule has 0 saturated heterocycles. The Kier molecular flexibility index (Phi) is 9.94. The molecule has 0 unspecified atom stereocenters. The van der Waals surface area contributed by atoms with Crippen molar-refractivity contribution in [1.82, 2.24) is 0 Å². The van der Waals surface area contributed by atoms with E-state index in [0.717, 1.165) is 5.75 Å². The average Bonchev–Trinajstić information content (AvgIpc) is 1.79. The van der Waals surface area contributed by atoms with Gasteiger partial charge in [0.25, 0.3) is 10.1 Å². The summed E-state index contributed by atoms with van der Waals surface area (Å²) in [7, 11) is -3.89.